The van der Waals surface area contributed by atoms with Crippen LogP contribution in [0.3, 0.4) is 0 Å². The Morgan fingerprint density at radius 1 is 1.40 bits per heavy atom. The van der Waals surface area contributed by atoms with Crippen LogP contribution in [0.4, 0.5) is 0 Å². The quantitative estimate of drug-likeness (QED) is 0.914. The van der Waals surface area contributed by atoms with Gasteiger partial charge in [0.05, 0.1) is 6.26 Å². The molecule has 104 valence electrons. The van der Waals surface area contributed by atoms with Crippen LogP contribution in [0.25, 0.3) is 10.6 Å². The van der Waals surface area contributed by atoms with Crippen molar-refractivity contribution < 1.29 is 9.21 Å². The van der Waals surface area contributed by atoms with Crippen LogP contribution < -0.4 is 5.32 Å². The summed E-state index contributed by atoms with van der Waals surface area (Å²) in [4.78, 5) is 18.9. The number of fused-ring (bicyclic) bond motifs is 1. The van der Waals surface area contributed by atoms with Gasteiger partial charge in [0.2, 0.25) is 0 Å². The Bertz CT molecular complexity index is 610. The van der Waals surface area contributed by atoms with E-state index < -0.39 is 0 Å². The molecule has 2 aromatic rings. The standard InChI is InChI=1S/C14H15N3O2S/c18-14(17-5-10-3-15-4-11(10)6-17)12-8-20-13(16-12)9-1-2-19-7-9/h1-2,7-8,10-11,15H,3-6H2/t10-,11+. The molecule has 2 aromatic heterocycles. The maximum atomic E-state index is 12.5. The van der Waals surface area contributed by atoms with Crippen molar-refractivity contribution in [1.82, 2.24) is 15.2 Å². The lowest BCUT2D eigenvalue weighted by Crippen LogP contribution is -2.32. The Morgan fingerprint density at radius 3 is 2.90 bits per heavy atom. The number of aromatic nitrogens is 1. The SMILES string of the molecule is O=C(c1csc(-c2ccoc2)n1)N1C[C@H]2CNC[C@H]2C1. The fourth-order valence-electron chi connectivity index (χ4n) is 3.07. The molecule has 0 spiro atoms. The average Bonchev–Trinajstić information content (AvgIpc) is 3.19. The van der Waals surface area contributed by atoms with Gasteiger partial charge in [0.15, 0.2) is 0 Å². The van der Waals surface area contributed by atoms with Gasteiger partial charge in [-0.25, -0.2) is 4.98 Å². The van der Waals surface area contributed by atoms with E-state index in [0.29, 0.717) is 17.5 Å². The van der Waals surface area contributed by atoms with Crippen molar-refractivity contribution in [1.29, 1.82) is 0 Å². The first-order valence-electron chi connectivity index (χ1n) is 6.79. The number of nitrogens with zero attached hydrogens (tertiary/aromatic N) is 2. The van der Waals surface area contributed by atoms with Crippen molar-refractivity contribution in [2.24, 2.45) is 11.8 Å². The van der Waals surface area contributed by atoms with Gasteiger partial charge in [0.1, 0.15) is 17.0 Å². The smallest absolute Gasteiger partial charge is 0.273 e. The molecule has 2 fully saturated rings. The molecule has 0 aromatic carbocycles. The number of carbonyl (C=O) groups is 1. The number of amides is 1. The highest BCUT2D eigenvalue weighted by atomic mass is 32.1. The van der Waals surface area contributed by atoms with E-state index in [4.69, 9.17) is 4.42 Å². The number of furan rings is 1. The summed E-state index contributed by atoms with van der Waals surface area (Å²) >= 11 is 1.48. The number of rotatable bonds is 2. The largest absolute Gasteiger partial charge is 0.472 e. The van der Waals surface area contributed by atoms with Crippen LogP contribution in [0, 0.1) is 11.8 Å². The molecule has 4 rings (SSSR count). The van der Waals surface area contributed by atoms with E-state index in [0.717, 1.165) is 36.8 Å². The molecule has 1 N–H and O–H groups in total. The maximum Gasteiger partial charge on any atom is 0.273 e. The third kappa shape index (κ3) is 1.96. The summed E-state index contributed by atoms with van der Waals surface area (Å²) in [7, 11) is 0. The number of nitrogens with one attached hydrogen (secondary N) is 1. The summed E-state index contributed by atoms with van der Waals surface area (Å²) in [5.41, 5.74) is 1.48. The molecule has 0 aliphatic carbocycles. The summed E-state index contributed by atoms with van der Waals surface area (Å²) in [6.07, 6.45) is 3.27. The van der Waals surface area contributed by atoms with Gasteiger partial charge in [-0.2, -0.15) is 0 Å². The van der Waals surface area contributed by atoms with Crippen LogP contribution in [0.5, 0.6) is 0 Å². The second kappa shape index (κ2) is 4.71. The molecule has 20 heavy (non-hydrogen) atoms. The molecule has 6 heteroatoms. The predicted octanol–water partition coefficient (Wildman–Crippen LogP) is 1.69. The Morgan fingerprint density at radius 2 is 2.20 bits per heavy atom. The zero-order chi connectivity index (χ0) is 13.5. The summed E-state index contributed by atoms with van der Waals surface area (Å²) in [5.74, 6) is 1.29. The molecular weight excluding hydrogens is 274 g/mol. The summed E-state index contributed by atoms with van der Waals surface area (Å²) in [6.45, 7) is 3.78. The van der Waals surface area contributed by atoms with Crippen molar-refractivity contribution in [3.05, 3.63) is 29.7 Å². The number of hydrogen-bond donors (Lipinski definition) is 1. The van der Waals surface area contributed by atoms with Gasteiger partial charge in [-0.15, -0.1) is 11.3 Å². The minimum absolute atomic E-state index is 0.0606. The number of likely N-dealkylation sites (tertiary alicyclic amines) is 1. The number of carbonyl (C=O) groups excluding carboxylic acids is 1. The van der Waals surface area contributed by atoms with Gasteiger partial charge in [-0.05, 0) is 17.9 Å². The molecule has 2 saturated heterocycles. The molecule has 0 bridgehead atoms. The van der Waals surface area contributed by atoms with Gasteiger partial charge >= 0.3 is 0 Å². The lowest BCUT2D eigenvalue weighted by atomic mass is 10.0. The van der Waals surface area contributed by atoms with Crippen molar-refractivity contribution in [2.45, 2.75) is 0 Å². The molecule has 4 heterocycles. The van der Waals surface area contributed by atoms with Gasteiger partial charge in [-0.3, -0.25) is 4.79 Å². The predicted molar refractivity (Wildman–Crippen MR) is 75.6 cm³/mol. The Kier molecular flexibility index (Phi) is 2.85. The van der Waals surface area contributed by atoms with E-state index in [1.807, 2.05) is 16.3 Å². The Hall–Kier alpha value is -1.66. The second-order valence-corrected chi connectivity index (χ2v) is 6.30. The zero-order valence-electron chi connectivity index (χ0n) is 10.9. The van der Waals surface area contributed by atoms with Crippen molar-refractivity contribution in [3.8, 4) is 10.6 Å². The monoisotopic (exact) mass is 289 g/mol. The van der Waals surface area contributed by atoms with Crippen LogP contribution >= 0.6 is 11.3 Å². The molecule has 2 aliphatic rings. The molecule has 2 aliphatic heterocycles. The number of thiazole rings is 1. The molecule has 0 saturated carbocycles. The molecule has 1 amide bonds. The highest BCUT2D eigenvalue weighted by Crippen LogP contribution is 2.29. The number of hydrogen-bond acceptors (Lipinski definition) is 5. The zero-order valence-corrected chi connectivity index (χ0v) is 11.7. The molecule has 2 atom stereocenters. The molecule has 0 unspecified atom stereocenters. The van der Waals surface area contributed by atoms with Crippen molar-refractivity contribution in [2.75, 3.05) is 26.2 Å². The van der Waals surface area contributed by atoms with Gasteiger partial charge in [-0.1, -0.05) is 0 Å². The Labute approximate surface area is 120 Å². The van der Waals surface area contributed by atoms with E-state index in [2.05, 4.69) is 10.3 Å². The fourth-order valence-corrected chi connectivity index (χ4v) is 3.85. The third-order valence-electron chi connectivity index (χ3n) is 4.17. The molecular formula is C14H15N3O2S. The van der Waals surface area contributed by atoms with E-state index >= 15 is 0 Å². The van der Waals surface area contributed by atoms with Crippen LogP contribution in [0.1, 0.15) is 10.5 Å². The summed E-state index contributed by atoms with van der Waals surface area (Å²) in [5, 5.41) is 6.06. The fraction of sp³-hybridized carbons (Fsp3) is 0.429. The van der Waals surface area contributed by atoms with Crippen molar-refractivity contribution in [3.63, 3.8) is 0 Å². The topological polar surface area (TPSA) is 58.4 Å². The van der Waals surface area contributed by atoms with Crippen LogP contribution in [0.15, 0.2) is 28.4 Å². The maximum absolute atomic E-state index is 12.5. The van der Waals surface area contributed by atoms with Gasteiger partial charge in [0.25, 0.3) is 5.91 Å². The normalized spacial score (nSPS) is 25.1. The first-order chi connectivity index (χ1) is 9.81. The van der Waals surface area contributed by atoms with E-state index in [1.165, 1.54) is 11.3 Å². The average molecular weight is 289 g/mol. The summed E-state index contributed by atoms with van der Waals surface area (Å²) in [6, 6.07) is 1.86. The lowest BCUT2D eigenvalue weighted by molar-refractivity contribution is 0.0777. The lowest BCUT2D eigenvalue weighted by Gasteiger charge is -2.15. The van der Waals surface area contributed by atoms with Crippen LogP contribution in [0.2, 0.25) is 0 Å². The third-order valence-corrected chi connectivity index (χ3v) is 5.06. The van der Waals surface area contributed by atoms with E-state index in [9.17, 15) is 4.79 Å². The highest BCUT2D eigenvalue weighted by molar-refractivity contribution is 7.13. The van der Waals surface area contributed by atoms with Crippen LogP contribution in [-0.4, -0.2) is 42.0 Å². The highest BCUT2D eigenvalue weighted by Gasteiger charge is 2.38. The van der Waals surface area contributed by atoms with Gasteiger partial charge < -0.3 is 14.6 Å². The van der Waals surface area contributed by atoms with Crippen molar-refractivity contribution >= 4 is 17.2 Å². The molecule has 0 radical (unpaired) electrons. The first-order valence-corrected chi connectivity index (χ1v) is 7.67. The van der Waals surface area contributed by atoms with Gasteiger partial charge in [0, 0.05) is 37.1 Å². The minimum atomic E-state index is 0.0606. The second-order valence-electron chi connectivity index (χ2n) is 5.44. The van der Waals surface area contributed by atoms with E-state index in [1.54, 1.807) is 12.5 Å². The molecule has 5 nitrogen and oxygen atoms in total. The first kappa shape index (κ1) is 12.1. The Balaban J connectivity index is 1.52. The van der Waals surface area contributed by atoms with Crippen LogP contribution in [-0.2, 0) is 0 Å². The minimum Gasteiger partial charge on any atom is -0.472 e. The van der Waals surface area contributed by atoms with E-state index in [-0.39, 0.29) is 5.91 Å². The summed E-state index contributed by atoms with van der Waals surface area (Å²) < 4.78 is 5.05.